The van der Waals surface area contributed by atoms with Crippen LogP contribution in [0, 0.1) is 0 Å². The van der Waals surface area contributed by atoms with Gasteiger partial charge in [0.2, 0.25) is 0 Å². The third-order valence-corrected chi connectivity index (χ3v) is 4.44. The normalized spacial score (nSPS) is 24.8. The molecule has 1 atom stereocenters. The van der Waals surface area contributed by atoms with E-state index in [2.05, 4.69) is 24.7 Å². The van der Waals surface area contributed by atoms with Gasteiger partial charge in [-0.3, -0.25) is 0 Å². The Hall–Kier alpha value is 0.780. The molecule has 0 radical (unpaired) electrons. The number of hydrogen-bond acceptors (Lipinski definition) is 1. The fourth-order valence-corrected chi connectivity index (χ4v) is 3.43. The first-order valence-corrected chi connectivity index (χ1v) is 5.96. The Morgan fingerprint density at radius 2 is 2.25 bits per heavy atom. The largest absolute Gasteiger partial charge is 0.158 e. The summed E-state index contributed by atoms with van der Waals surface area (Å²) in [6.45, 7) is 2.30. The van der Waals surface area contributed by atoms with Gasteiger partial charge in [-0.05, 0) is 31.9 Å². The van der Waals surface area contributed by atoms with Crippen molar-refractivity contribution in [3.8, 4) is 0 Å². The van der Waals surface area contributed by atoms with Gasteiger partial charge in [0.05, 0.1) is 0 Å². The summed E-state index contributed by atoms with van der Waals surface area (Å²) in [4.78, 5) is 0. The second-order valence-corrected chi connectivity index (χ2v) is 4.75. The molecule has 0 heterocycles. The predicted molar refractivity (Wildman–Crippen MR) is 44.6 cm³/mol. The first-order valence-electron chi connectivity index (χ1n) is 3.03. The highest BCUT2D eigenvalue weighted by Gasteiger charge is 2.40. The van der Waals surface area contributed by atoms with E-state index < -0.39 is 0 Å². The Balaban J connectivity index is 2.20. The fourth-order valence-electron chi connectivity index (χ4n) is 0.915. The summed E-state index contributed by atoms with van der Waals surface area (Å²) in [7, 11) is 1.16. The molecule has 0 amide bonds. The average Bonchev–Trinajstić information content (AvgIpc) is 2.50. The molecule has 48 valence electrons. The first-order chi connectivity index (χ1) is 3.83. The van der Waals surface area contributed by atoms with Crippen LogP contribution in [-0.4, -0.2) is 23.8 Å². The van der Waals surface area contributed by atoms with Crippen LogP contribution >= 0.6 is 20.3 Å². The molecule has 0 aromatic rings. The summed E-state index contributed by atoms with van der Waals surface area (Å²) in [5.41, 5.74) is 0. The number of hydrogen-bond donors (Lipinski definition) is 0. The van der Waals surface area contributed by atoms with E-state index in [0.717, 1.165) is 13.3 Å². The lowest BCUT2D eigenvalue weighted by Gasteiger charge is -2.07. The van der Waals surface area contributed by atoms with Gasteiger partial charge in [-0.25, -0.2) is 0 Å². The zero-order valence-electron chi connectivity index (χ0n) is 5.53. The van der Waals surface area contributed by atoms with Gasteiger partial charge in [0.15, 0.2) is 0 Å². The van der Waals surface area contributed by atoms with Crippen molar-refractivity contribution in [2.45, 2.75) is 17.6 Å². The van der Waals surface area contributed by atoms with Crippen LogP contribution in [0.2, 0.25) is 0 Å². The first kappa shape index (κ1) is 6.89. The number of rotatable bonds is 3. The lowest BCUT2D eigenvalue weighted by atomic mass is 10.5. The van der Waals surface area contributed by atoms with Crippen molar-refractivity contribution < 1.29 is 0 Å². The maximum Gasteiger partial charge on any atom is 0.0195 e. The van der Waals surface area contributed by atoms with Crippen LogP contribution in [0.25, 0.3) is 0 Å². The molecule has 1 saturated carbocycles. The summed E-state index contributed by atoms with van der Waals surface area (Å²) in [6.07, 6.45) is 6.67. The Bertz CT molecular complexity index is 78.6. The highest BCUT2D eigenvalue weighted by molar-refractivity contribution is 8.00. The molecule has 0 nitrogen and oxygen atoms in total. The van der Waals surface area contributed by atoms with E-state index >= 15 is 0 Å². The molecule has 2 heteroatoms. The summed E-state index contributed by atoms with van der Waals surface area (Å²) < 4.78 is 0.771. The van der Waals surface area contributed by atoms with Crippen LogP contribution in [0.15, 0.2) is 0 Å². The summed E-state index contributed by atoms with van der Waals surface area (Å²) in [5.74, 6) is 0. The summed E-state index contributed by atoms with van der Waals surface area (Å²) in [6, 6.07) is 0. The predicted octanol–water partition coefficient (Wildman–Crippen LogP) is 2.19. The lowest BCUT2D eigenvalue weighted by molar-refractivity contribution is 1.07. The van der Waals surface area contributed by atoms with Crippen LogP contribution in [0.1, 0.15) is 12.8 Å². The molecule has 1 aliphatic rings. The van der Waals surface area contributed by atoms with Crippen molar-refractivity contribution in [2.24, 2.45) is 0 Å². The zero-order chi connectivity index (χ0) is 6.04. The lowest BCUT2D eigenvalue weighted by Crippen LogP contribution is -2.02. The Morgan fingerprint density at radius 3 is 2.38 bits per heavy atom. The standard InChI is InChI=1S/C6H13PS/c1-7-5-6(8-2)3-4-6/h7H,3-5H2,1-2H3. The molecule has 0 aromatic heterocycles. The van der Waals surface area contributed by atoms with Crippen molar-refractivity contribution >= 4 is 20.3 Å². The minimum Gasteiger partial charge on any atom is -0.158 e. The Labute approximate surface area is 57.6 Å². The van der Waals surface area contributed by atoms with Gasteiger partial charge in [-0.15, -0.1) is 8.58 Å². The molecule has 1 aliphatic carbocycles. The van der Waals surface area contributed by atoms with Gasteiger partial charge in [0.25, 0.3) is 0 Å². The molecule has 0 aromatic carbocycles. The minimum atomic E-state index is 0.771. The van der Waals surface area contributed by atoms with E-state index in [-0.39, 0.29) is 0 Å². The van der Waals surface area contributed by atoms with E-state index in [1.165, 1.54) is 19.0 Å². The van der Waals surface area contributed by atoms with E-state index in [1.807, 2.05) is 0 Å². The topological polar surface area (TPSA) is 0 Å². The number of thioether (sulfide) groups is 1. The highest BCUT2D eigenvalue weighted by atomic mass is 32.2. The van der Waals surface area contributed by atoms with Crippen molar-refractivity contribution in [3.05, 3.63) is 0 Å². The quantitative estimate of drug-likeness (QED) is 0.553. The van der Waals surface area contributed by atoms with Crippen molar-refractivity contribution in [2.75, 3.05) is 19.1 Å². The van der Waals surface area contributed by atoms with Crippen LogP contribution in [0.3, 0.4) is 0 Å². The smallest absolute Gasteiger partial charge is 0.0195 e. The van der Waals surface area contributed by atoms with E-state index in [1.54, 1.807) is 0 Å². The Kier molecular flexibility index (Phi) is 2.22. The van der Waals surface area contributed by atoms with Crippen LogP contribution < -0.4 is 0 Å². The Morgan fingerprint density at radius 1 is 1.62 bits per heavy atom. The molecule has 0 N–H and O–H groups in total. The highest BCUT2D eigenvalue weighted by Crippen LogP contribution is 2.49. The molecule has 0 bridgehead atoms. The van der Waals surface area contributed by atoms with Crippen molar-refractivity contribution in [3.63, 3.8) is 0 Å². The molecular weight excluding hydrogens is 135 g/mol. The SMILES string of the molecule is CPCC1(SC)CC1. The molecule has 1 fully saturated rings. The maximum atomic E-state index is 2.30. The van der Waals surface area contributed by atoms with E-state index in [9.17, 15) is 0 Å². The van der Waals surface area contributed by atoms with Crippen molar-refractivity contribution in [1.29, 1.82) is 0 Å². The van der Waals surface area contributed by atoms with Gasteiger partial charge >= 0.3 is 0 Å². The van der Waals surface area contributed by atoms with Gasteiger partial charge < -0.3 is 0 Å². The van der Waals surface area contributed by atoms with Gasteiger partial charge in [0.1, 0.15) is 0 Å². The van der Waals surface area contributed by atoms with Crippen LogP contribution in [0.4, 0.5) is 0 Å². The second-order valence-electron chi connectivity index (χ2n) is 2.42. The zero-order valence-corrected chi connectivity index (χ0v) is 7.35. The molecular formula is C6H13PS. The molecule has 0 saturated heterocycles. The molecule has 8 heavy (non-hydrogen) atoms. The molecule has 1 unspecified atom stereocenters. The summed E-state index contributed by atoms with van der Waals surface area (Å²) in [5, 5.41) is 0. The van der Waals surface area contributed by atoms with Crippen LogP contribution in [-0.2, 0) is 0 Å². The van der Waals surface area contributed by atoms with Gasteiger partial charge in [0, 0.05) is 4.75 Å². The molecule has 0 aliphatic heterocycles. The summed E-state index contributed by atoms with van der Waals surface area (Å²) >= 11 is 2.07. The monoisotopic (exact) mass is 148 g/mol. The second kappa shape index (κ2) is 2.58. The van der Waals surface area contributed by atoms with Gasteiger partial charge in [-0.2, -0.15) is 11.8 Å². The fraction of sp³-hybridized carbons (Fsp3) is 1.00. The van der Waals surface area contributed by atoms with Crippen LogP contribution in [0.5, 0.6) is 0 Å². The minimum absolute atomic E-state index is 0.771. The third-order valence-electron chi connectivity index (χ3n) is 1.74. The van der Waals surface area contributed by atoms with E-state index in [4.69, 9.17) is 0 Å². The average molecular weight is 148 g/mol. The molecule has 1 rings (SSSR count). The van der Waals surface area contributed by atoms with E-state index in [0.29, 0.717) is 0 Å². The maximum absolute atomic E-state index is 2.30. The molecule has 0 spiro atoms. The third kappa shape index (κ3) is 1.39. The van der Waals surface area contributed by atoms with Crippen molar-refractivity contribution in [1.82, 2.24) is 0 Å². The van der Waals surface area contributed by atoms with Gasteiger partial charge in [-0.1, -0.05) is 0 Å².